The summed E-state index contributed by atoms with van der Waals surface area (Å²) in [6, 6.07) is 18.2. The third-order valence-corrected chi connectivity index (χ3v) is 4.76. The van der Waals surface area contributed by atoms with Crippen LogP contribution in [0.3, 0.4) is 0 Å². The van der Waals surface area contributed by atoms with E-state index in [0.29, 0.717) is 12.2 Å². The van der Waals surface area contributed by atoms with E-state index >= 15 is 0 Å². The summed E-state index contributed by atoms with van der Waals surface area (Å²) in [5.41, 5.74) is 3.74. The molecule has 0 radical (unpaired) electrons. The molecule has 1 heterocycles. The van der Waals surface area contributed by atoms with Crippen LogP contribution in [0.25, 0.3) is 11.6 Å². The van der Waals surface area contributed by atoms with Crippen molar-refractivity contribution >= 4 is 23.3 Å². The van der Waals surface area contributed by atoms with Gasteiger partial charge in [-0.05, 0) is 49.1 Å². The van der Waals surface area contributed by atoms with Crippen LogP contribution in [0.5, 0.6) is 0 Å². The van der Waals surface area contributed by atoms with Gasteiger partial charge in [0, 0.05) is 18.8 Å². The lowest BCUT2D eigenvalue weighted by molar-refractivity contribution is -0.136. The average molecular weight is 349 g/mol. The molecule has 3 nitrogen and oxygen atoms in total. The summed E-state index contributed by atoms with van der Waals surface area (Å²) in [5, 5.41) is 0. The van der Waals surface area contributed by atoms with Crippen molar-refractivity contribution in [2.24, 2.45) is 0 Å². The second-order valence-electron chi connectivity index (χ2n) is 6.64. The molecule has 1 fully saturated rings. The Morgan fingerprint density at radius 2 is 1.62 bits per heavy atom. The number of esters is 1. The highest BCUT2D eigenvalue weighted by atomic mass is 16.5. The van der Waals surface area contributed by atoms with Gasteiger partial charge in [-0.3, -0.25) is 0 Å². The normalized spacial score (nSPS) is 15.4. The number of anilines is 1. The Morgan fingerprint density at radius 1 is 0.962 bits per heavy atom. The minimum atomic E-state index is -0.282. The Hall–Kier alpha value is -2.55. The molecule has 0 unspecified atom stereocenters. The van der Waals surface area contributed by atoms with Crippen LogP contribution < -0.4 is 4.90 Å². The molecule has 0 amide bonds. The summed E-state index contributed by atoms with van der Waals surface area (Å²) in [5.74, 6) is -0.282. The Kier molecular flexibility index (Phi) is 6.48. The monoisotopic (exact) mass is 349 g/mol. The highest BCUT2D eigenvalue weighted by Crippen LogP contribution is 2.23. The molecule has 1 saturated heterocycles. The number of carbonyl (C=O) groups excluding carboxylic acids is 1. The summed E-state index contributed by atoms with van der Waals surface area (Å²) in [6.45, 7) is 4.47. The zero-order valence-electron chi connectivity index (χ0n) is 15.5. The molecule has 0 spiro atoms. The van der Waals surface area contributed by atoms with Gasteiger partial charge >= 0.3 is 5.97 Å². The van der Waals surface area contributed by atoms with Gasteiger partial charge in [0.15, 0.2) is 0 Å². The van der Waals surface area contributed by atoms with Crippen LogP contribution in [0.15, 0.2) is 54.6 Å². The van der Waals surface area contributed by atoms with E-state index in [0.717, 1.165) is 24.2 Å². The number of hydrogen-bond acceptors (Lipinski definition) is 3. The summed E-state index contributed by atoms with van der Waals surface area (Å²) >= 11 is 0. The summed E-state index contributed by atoms with van der Waals surface area (Å²) < 4.78 is 5.25. The topological polar surface area (TPSA) is 29.5 Å². The summed E-state index contributed by atoms with van der Waals surface area (Å²) in [6.07, 6.45) is 7.11. The first-order valence-corrected chi connectivity index (χ1v) is 9.57. The van der Waals surface area contributed by atoms with Crippen LogP contribution in [-0.2, 0) is 9.53 Å². The molecule has 0 saturated carbocycles. The van der Waals surface area contributed by atoms with Gasteiger partial charge in [0.2, 0.25) is 0 Å². The van der Waals surface area contributed by atoms with E-state index < -0.39 is 0 Å². The molecule has 1 aliphatic heterocycles. The van der Waals surface area contributed by atoms with Gasteiger partial charge in [-0.25, -0.2) is 4.79 Å². The van der Waals surface area contributed by atoms with Crippen LogP contribution in [0.2, 0.25) is 0 Å². The molecule has 136 valence electrons. The van der Waals surface area contributed by atoms with Gasteiger partial charge in [0.05, 0.1) is 12.2 Å². The van der Waals surface area contributed by atoms with Crippen molar-refractivity contribution in [2.45, 2.75) is 32.6 Å². The summed E-state index contributed by atoms with van der Waals surface area (Å²) in [4.78, 5) is 14.9. The SMILES string of the molecule is CCOC(=O)C(=Cc1ccc(N2CCCCCC2)cc1)c1ccccc1. The number of nitrogens with zero attached hydrogens (tertiary/aromatic N) is 1. The second-order valence-corrected chi connectivity index (χ2v) is 6.64. The smallest absolute Gasteiger partial charge is 0.338 e. The third-order valence-electron chi connectivity index (χ3n) is 4.76. The number of rotatable bonds is 5. The summed E-state index contributed by atoms with van der Waals surface area (Å²) in [7, 11) is 0. The van der Waals surface area contributed by atoms with Gasteiger partial charge in [-0.15, -0.1) is 0 Å². The molecule has 0 N–H and O–H groups in total. The first-order valence-electron chi connectivity index (χ1n) is 9.57. The molecule has 3 rings (SSSR count). The molecule has 3 heteroatoms. The predicted octanol–water partition coefficient (Wildman–Crippen LogP) is 5.17. The van der Waals surface area contributed by atoms with Crippen LogP contribution >= 0.6 is 0 Å². The van der Waals surface area contributed by atoms with Crippen molar-refractivity contribution in [3.63, 3.8) is 0 Å². The molecule has 2 aromatic carbocycles. The van der Waals surface area contributed by atoms with Crippen molar-refractivity contribution in [3.8, 4) is 0 Å². The standard InChI is InChI=1S/C23H27NO2/c1-2-26-23(25)22(20-10-6-5-7-11-20)18-19-12-14-21(15-13-19)24-16-8-3-4-9-17-24/h5-7,10-15,18H,2-4,8-9,16-17H2,1H3. The highest BCUT2D eigenvalue weighted by Gasteiger charge is 2.14. The Bertz CT molecular complexity index is 727. The Morgan fingerprint density at radius 3 is 2.23 bits per heavy atom. The van der Waals surface area contributed by atoms with E-state index in [1.807, 2.05) is 43.3 Å². The second kappa shape index (κ2) is 9.23. The van der Waals surface area contributed by atoms with E-state index in [2.05, 4.69) is 29.2 Å². The van der Waals surface area contributed by atoms with Crippen LogP contribution in [0, 0.1) is 0 Å². The zero-order valence-corrected chi connectivity index (χ0v) is 15.5. The minimum absolute atomic E-state index is 0.282. The van der Waals surface area contributed by atoms with Crippen LogP contribution in [0.4, 0.5) is 5.69 Å². The Balaban J connectivity index is 1.84. The number of benzene rings is 2. The van der Waals surface area contributed by atoms with E-state index in [9.17, 15) is 4.79 Å². The maximum absolute atomic E-state index is 12.4. The fraction of sp³-hybridized carbons (Fsp3) is 0.348. The maximum Gasteiger partial charge on any atom is 0.338 e. The molecule has 0 aliphatic carbocycles. The Labute approximate surface area is 156 Å². The lowest BCUT2D eigenvalue weighted by atomic mass is 10.0. The van der Waals surface area contributed by atoms with Crippen molar-refractivity contribution in [3.05, 3.63) is 65.7 Å². The average Bonchev–Trinajstić information content (AvgIpc) is 2.97. The highest BCUT2D eigenvalue weighted by molar-refractivity contribution is 6.21. The fourth-order valence-corrected chi connectivity index (χ4v) is 3.36. The number of ether oxygens (including phenoxy) is 1. The van der Waals surface area contributed by atoms with E-state index in [4.69, 9.17) is 4.74 Å². The van der Waals surface area contributed by atoms with Gasteiger partial charge in [0.25, 0.3) is 0 Å². The van der Waals surface area contributed by atoms with Crippen molar-refractivity contribution in [1.82, 2.24) is 0 Å². The third kappa shape index (κ3) is 4.75. The lowest BCUT2D eigenvalue weighted by Gasteiger charge is -2.22. The molecule has 0 bridgehead atoms. The van der Waals surface area contributed by atoms with Crippen LogP contribution in [0.1, 0.15) is 43.7 Å². The molecular formula is C23H27NO2. The van der Waals surface area contributed by atoms with E-state index in [1.54, 1.807) is 0 Å². The fourth-order valence-electron chi connectivity index (χ4n) is 3.36. The van der Waals surface area contributed by atoms with E-state index in [1.165, 1.54) is 31.4 Å². The lowest BCUT2D eigenvalue weighted by Crippen LogP contribution is -2.23. The van der Waals surface area contributed by atoms with Crippen molar-refractivity contribution in [2.75, 3.05) is 24.6 Å². The van der Waals surface area contributed by atoms with Crippen molar-refractivity contribution in [1.29, 1.82) is 0 Å². The van der Waals surface area contributed by atoms with Crippen molar-refractivity contribution < 1.29 is 9.53 Å². The predicted molar refractivity (Wildman–Crippen MR) is 108 cm³/mol. The van der Waals surface area contributed by atoms with Gasteiger partial charge in [0.1, 0.15) is 0 Å². The van der Waals surface area contributed by atoms with E-state index in [-0.39, 0.29) is 5.97 Å². The minimum Gasteiger partial charge on any atom is -0.462 e. The van der Waals surface area contributed by atoms with Gasteiger partial charge < -0.3 is 9.64 Å². The molecule has 0 atom stereocenters. The van der Waals surface area contributed by atoms with Gasteiger partial charge in [-0.1, -0.05) is 55.3 Å². The molecule has 26 heavy (non-hydrogen) atoms. The largest absolute Gasteiger partial charge is 0.462 e. The first-order chi connectivity index (χ1) is 12.8. The molecular weight excluding hydrogens is 322 g/mol. The molecule has 1 aliphatic rings. The zero-order chi connectivity index (χ0) is 18.2. The number of carbonyl (C=O) groups is 1. The maximum atomic E-state index is 12.4. The van der Waals surface area contributed by atoms with Gasteiger partial charge in [-0.2, -0.15) is 0 Å². The molecule has 0 aromatic heterocycles. The quantitative estimate of drug-likeness (QED) is 0.424. The molecule has 2 aromatic rings. The first kappa shape index (κ1) is 18.2. The number of hydrogen-bond donors (Lipinski definition) is 0. The van der Waals surface area contributed by atoms with Crippen LogP contribution in [-0.4, -0.2) is 25.7 Å².